The molecule has 0 saturated heterocycles. The lowest BCUT2D eigenvalue weighted by atomic mass is 10.3. The highest BCUT2D eigenvalue weighted by Gasteiger charge is 2.25. The predicted octanol–water partition coefficient (Wildman–Crippen LogP) is 2.80. The van der Waals surface area contributed by atoms with E-state index in [1.54, 1.807) is 18.2 Å². The third-order valence-electron chi connectivity index (χ3n) is 4.38. The van der Waals surface area contributed by atoms with Crippen LogP contribution in [-0.4, -0.2) is 35.9 Å². The molecule has 0 aliphatic heterocycles. The SMILES string of the molecule is CC(=O)Nc1ccc(S(=O)(=O)N[C@@H](C)C(=O)OCc2nc3ccccc3n2C(F)F)cc1. The van der Waals surface area contributed by atoms with Gasteiger partial charge in [-0.2, -0.15) is 13.5 Å². The first-order valence-electron chi connectivity index (χ1n) is 9.39. The van der Waals surface area contributed by atoms with E-state index in [2.05, 4.69) is 15.0 Å². The molecule has 1 aromatic heterocycles. The summed E-state index contributed by atoms with van der Waals surface area (Å²) < 4.78 is 59.7. The number of esters is 1. The lowest BCUT2D eigenvalue weighted by molar-refractivity contribution is -0.147. The van der Waals surface area contributed by atoms with Crippen LogP contribution >= 0.6 is 0 Å². The van der Waals surface area contributed by atoms with Crippen LogP contribution in [0, 0.1) is 0 Å². The van der Waals surface area contributed by atoms with Crippen LogP contribution in [0.2, 0.25) is 0 Å². The summed E-state index contributed by atoms with van der Waals surface area (Å²) in [6.07, 6.45) is 0. The summed E-state index contributed by atoms with van der Waals surface area (Å²) >= 11 is 0. The number of halogens is 2. The van der Waals surface area contributed by atoms with E-state index in [0.29, 0.717) is 15.8 Å². The van der Waals surface area contributed by atoms with Crippen molar-refractivity contribution in [2.75, 3.05) is 5.32 Å². The van der Waals surface area contributed by atoms with Gasteiger partial charge in [0.15, 0.2) is 5.82 Å². The minimum absolute atomic E-state index is 0.134. The molecule has 0 fully saturated rings. The number of imidazole rings is 1. The van der Waals surface area contributed by atoms with E-state index in [4.69, 9.17) is 4.74 Å². The van der Waals surface area contributed by atoms with Crippen molar-refractivity contribution in [3.05, 3.63) is 54.4 Å². The highest BCUT2D eigenvalue weighted by molar-refractivity contribution is 7.89. The molecule has 1 atom stereocenters. The fourth-order valence-electron chi connectivity index (χ4n) is 2.94. The second-order valence-corrected chi connectivity index (χ2v) is 8.53. The van der Waals surface area contributed by atoms with E-state index in [1.165, 1.54) is 44.2 Å². The van der Waals surface area contributed by atoms with Gasteiger partial charge < -0.3 is 10.1 Å². The van der Waals surface area contributed by atoms with E-state index in [-0.39, 0.29) is 22.1 Å². The Labute approximate surface area is 182 Å². The van der Waals surface area contributed by atoms with Gasteiger partial charge in [0.2, 0.25) is 15.9 Å². The van der Waals surface area contributed by atoms with Gasteiger partial charge in [0.05, 0.1) is 15.9 Å². The minimum atomic E-state index is -4.08. The molecular weight excluding hydrogens is 446 g/mol. The van der Waals surface area contributed by atoms with Crippen molar-refractivity contribution in [3.8, 4) is 0 Å². The summed E-state index contributed by atoms with van der Waals surface area (Å²) in [6, 6.07) is 10.3. The van der Waals surface area contributed by atoms with Gasteiger partial charge in [-0.1, -0.05) is 12.1 Å². The molecule has 9 nitrogen and oxygen atoms in total. The Kier molecular flexibility index (Phi) is 6.84. The number of carbonyl (C=O) groups excluding carboxylic acids is 2. The third-order valence-corrected chi connectivity index (χ3v) is 5.93. The monoisotopic (exact) mass is 466 g/mol. The van der Waals surface area contributed by atoms with Crippen molar-refractivity contribution < 1.29 is 31.5 Å². The normalized spacial score (nSPS) is 12.7. The van der Waals surface area contributed by atoms with Gasteiger partial charge in [-0.05, 0) is 43.3 Å². The molecule has 0 aliphatic carbocycles. The van der Waals surface area contributed by atoms with E-state index >= 15 is 0 Å². The van der Waals surface area contributed by atoms with Gasteiger partial charge in [-0.15, -0.1) is 0 Å². The molecule has 170 valence electrons. The van der Waals surface area contributed by atoms with E-state index in [9.17, 15) is 26.8 Å². The number of ether oxygens (including phenoxy) is 1. The van der Waals surface area contributed by atoms with Crippen LogP contribution in [0.3, 0.4) is 0 Å². The van der Waals surface area contributed by atoms with Crippen molar-refractivity contribution in [3.63, 3.8) is 0 Å². The number of rotatable bonds is 8. The molecule has 32 heavy (non-hydrogen) atoms. The van der Waals surface area contributed by atoms with Gasteiger partial charge in [0.25, 0.3) is 0 Å². The molecule has 0 unspecified atom stereocenters. The summed E-state index contributed by atoms with van der Waals surface area (Å²) in [6.45, 7) is -0.875. The summed E-state index contributed by atoms with van der Waals surface area (Å²) in [5.41, 5.74) is 0.908. The van der Waals surface area contributed by atoms with Crippen LogP contribution in [0.25, 0.3) is 11.0 Å². The minimum Gasteiger partial charge on any atom is -0.456 e. The van der Waals surface area contributed by atoms with Gasteiger partial charge >= 0.3 is 12.5 Å². The summed E-state index contributed by atoms with van der Waals surface area (Å²) in [7, 11) is -4.08. The zero-order chi connectivity index (χ0) is 23.5. The average molecular weight is 466 g/mol. The molecule has 2 N–H and O–H groups in total. The molecular formula is C20H20F2N4O5S. The maximum absolute atomic E-state index is 13.4. The standard InChI is InChI=1S/C20H20F2N4O5S/c1-12(25-32(29,30)15-9-7-14(8-10-15)23-13(2)27)19(28)31-11-18-24-16-5-3-4-6-17(16)26(18)20(21)22/h3-10,12,20,25H,11H2,1-2H3,(H,23,27)/t12-/m0/s1. The number of fused-ring (bicyclic) bond motifs is 1. The maximum atomic E-state index is 13.4. The number of nitrogens with one attached hydrogen (secondary N) is 2. The Morgan fingerprint density at radius 3 is 2.41 bits per heavy atom. The number of alkyl halides is 2. The fraction of sp³-hybridized carbons (Fsp3) is 0.250. The number of amides is 1. The molecule has 3 rings (SSSR count). The number of carbonyl (C=O) groups is 2. The molecule has 0 radical (unpaired) electrons. The molecule has 12 heteroatoms. The van der Waals surface area contributed by atoms with Crippen molar-refractivity contribution >= 4 is 38.6 Å². The van der Waals surface area contributed by atoms with E-state index in [1.807, 2.05) is 0 Å². The number of benzene rings is 2. The van der Waals surface area contributed by atoms with Crippen molar-refractivity contribution in [1.29, 1.82) is 0 Å². The number of hydrogen-bond donors (Lipinski definition) is 2. The lowest BCUT2D eigenvalue weighted by Gasteiger charge is -2.14. The first-order valence-corrected chi connectivity index (χ1v) is 10.9. The van der Waals surface area contributed by atoms with E-state index in [0.717, 1.165) is 0 Å². The average Bonchev–Trinajstić information content (AvgIpc) is 3.10. The molecule has 2 aromatic carbocycles. The van der Waals surface area contributed by atoms with Gasteiger partial charge in [0.1, 0.15) is 12.6 Å². The highest BCUT2D eigenvalue weighted by atomic mass is 32.2. The summed E-state index contributed by atoms with van der Waals surface area (Å²) in [5.74, 6) is -1.44. The number of para-hydroxylation sites is 2. The number of nitrogens with zero attached hydrogens (tertiary/aromatic N) is 2. The maximum Gasteiger partial charge on any atom is 0.324 e. The molecule has 0 spiro atoms. The third kappa shape index (κ3) is 5.26. The molecule has 1 amide bonds. The fourth-order valence-corrected chi connectivity index (χ4v) is 4.14. The Morgan fingerprint density at radius 1 is 1.12 bits per heavy atom. The quantitative estimate of drug-likeness (QED) is 0.493. The summed E-state index contributed by atoms with van der Waals surface area (Å²) in [4.78, 5) is 27.2. The van der Waals surface area contributed by atoms with Gasteiger partial charge in [-0.3, -0.25) is 14.2 Å². The first-order chi connectivity index (χ1) is 15.1. The lowest BCUT2D eigenvalue weighted by Crippen LogP contribution is -2.39. The predicted molar refractivity (Wildman–Crippen MR) is 111 cm³/mol. The molecule has 0 bridgehead atoms. The van der Waals surface area contributed by atoms with Crippen LogP contribution in [-0.2, 0) is 31.0 Å². The Hall–Kier alpha value is -3.38. The van der Waals surface area contributed by atoms with Gasteiger partial charge in [-0.25, -0.2) is 13.4 Å². The zero-order valence-electron chi connectivity index (χ0n) is 17.1. The van der Waals surface area contributed by atoms with Crippen LogP contribution in [0.1, 0.15) is 26.2 Å². The first kappa shape index (κ1) is 23.3. The zero-order valence-corrected chi connectivity index (χ0v) is 17.9. The molecule has 0 saturated carbocycles. The molecule has 3 aromatic rings. The van der Waals surface area contributed by atoms with E-state index < -0.39 is 35.2 Å². The van der Waals surface area contributed by atoms with Crippen molar-refractivity contribution in [2.24, 2.45) is 0 Å². The highest BCUT2D eigenvalue weighted by Crippen LogP contribution is 2.23. The van der Waals surface area contributed by atoms with Crippen LogP contribution in [0.5, 0.6) is 0 Å². The topological polar surface area (TPSA) is 119 Å². The number of hydrogen-bond acceptors (Lipinski definition) is 6. The Morgan fingerprint density at radius 2 is 1.78 bits per heavy atom. The largest absolute Gasteiger partial charge is 0.456 e. The second kappa shape index (κ2) is 9.40. The van der Waals surface area contributed by atoms with Crippen molar-refractivity contribution in [1.82, 2.24) is 14.3 Å². The summed E-state index contributed by atoms with van der Waals surface area (Å²) in [5, 5.41) is 2.51. The smallest absolute Gasteiger partial charge is 0.324 e. The number of aromatic nitrogens is 2. The van der Waals surface area contributed by atoms with Crippen molar-refractivity contribution in [2.45, 2.75) is 37.9 Å². The second-order valence-electron chi connectivity index (χ2n) is 6.82. The molecule has 0 aliphatic rings. The Balaban J connectivity index is 1.67. The van der Waals surface area contributed by atoms with Crippen LogP contribution < -0.4 is 10.0 Å². The molecule has 1 heterocycles. The van der Waals surface area contributed by atoms with Crippen LogP contribution in [0.15, 0.2) is 53.4 Å². The number of sulfonamides is 1. The van der Waals surface area contributed by atoms with Gasteiger partial charge in [0, 0.05) is 12.6 Å². The Bertz CT molecular complexity index is 1240. The number of anilines is 1. The van der Waals surface area contributed by atoms with Crippen LogP contribution in [0.4, 0.5) is 14.5 Å².